The maximum absolute atomic E-state index is 12.6. The highest BCUT2D eigenvalue weighted by Gasteiger charge is 2.41. The molecule has 0 N–H and O–H groups in total. The Kier molecular flexibility index (Phi) is 3.83. The van der Waals surface area contributed by atoms with Crippen molar-refractivity contribution in [1.82, 2.24) is 0 Å². The molecule has 18 heavy (non-hydrogen) atoms. The van der Waals surface area contributed by atoms with Crippen LogP contribution in [0.3, 0.4) is 0 Å². The van der Waals surface area contributed by atoms with Gasteiger partial charge in [-0.2, -0.15) is 13.2 Å². The van der Waals surface area contributed by atoms with Crippen molar-refractivity contribution in [3.05, 3.63) is 29.8 Å². The minimum absolute atomic E-state index is 0.250. The molecule has 0 amide bonds. The standard InChI is InChI=1S/C14H17F3O/c1-18-13-8-4-11(5-9-13)10-2-6-12(7-3-10)14(15,16)17/h4-5,8-10,12H,2-3,6-7H2,1H3/t10-,12+. The van der Waals surface area contributed by atoms with Crippen LogP contribution in [0.2, 0.25) is 0 Å². The van der Waals surface area contributed by atoms with Gasteiger partial charge in [-0.3, -0.25) is 0 Å². The minimum Gasteiger partial charge on any atom is -0.497 e. The summed E-state index contributed by atoms with van der Waals surface area (Å²) < 4.78 is 42.7. The van der Waals surface area contributed by atoms with Crippen LogP contribution in [0, 0.1) is 5.92 Å². The third kappa shape index (κ3) is 2.98. The van der Waals surface area contributed by atoms with Crippen LogP contribution >= 0.6 is 0 Å². The first-order valence-electron chi connectivity index (χ1n) is 6.21. The van der Waals surface area contributed by atoms with Crippen molar-refractivity contribution in [2.24, 2.45) is 5.92 Å². The minimum atomic E-state index is -4.02. The largest absolute Gasteiger partial charge is 0.497 e. The molecule has 1 fully saturated rings. The van der Waals surface area contributed by atoms with Crippen molar-refractivity contribution >= 4 is 0 Å². The van der Waals surface area contributed by atoms with Gasteiger partial charge >= 0.3 is 6.18 Å². The van der Waals surface area contributed by atoms with E-state index in [0.29, 0.717) is 12.8 Å². The highest BCUT2D eigenvalue weighted by molar-refractivity contribution is 5.29. The van der Waals surface area contributed by atoms with Crippen molar-refractivity contribution in [2.75, 3.05) is 7.11 Å². The second-order valence-electron chi connectivity index (χ2n) is 4.86. The lowest BCUT2D eigenvalue weighted by atomic mass is 9.78. The monoisotopic (exact) mass is 258 g/mol. The van der Waals surface area contributed by atoms with Crippen molar-refractivity contribution in [3.63, 3.8) is 0 Å². The maximum atomic E-state index is 12.6. The van der Waals surface area contributed by atoms with Crippen LogP contribution < -0.4 is 4.74 Å². The van der Waals surface area contributed by atoms with Crippen LogP contribution in [-0.2, 0) is 0 Å². The second kappa shape index (κ2) is 5.21. The van der Waals surface area contributed by atoms with E-state index in [1.54, 1.807) is 7.11 Å². The van der Waals surface area contributed by atoms with E-state index < -0.39 is 12.1 Å². The first-order valence-corrected chi connectivity index (χ1v) is 6.21. The van der Waals surface area contributed by atoms with Crippen molar-refractivity contribution < 1.29 is 17.9 Å². The zero-order valence-electron chi connectivity index (χ0n) is 10.3. The molecule has 1 nitrogen and oxygen atoms in total. The maximum Gasteiger partial charge on any atom is 0.391 e. The fourth-order valence-electron chi connectivity index (χ4n) is 2.63. The van der Waals surface area contributed by atoms with Gasteiger partial charge in [-0.05, 0) is 49.3 Å². The lowest BCUT2D eigenvalue weighted by Gasteiger charge is -2.30. The molecule has 0 spiro atoms. The molecule has 0 heterocycles. The third-order valence-corrected chi connectivity index (χ3v) is 3.78. The Hall–Kier alpha value is -1.19. The van der Waals surface area contributed by atoms with Gasteiger partial charge in [0.2, 0.25) is 0 Å². The molecule has 0 bridgehead atoms. The Balaban J connectivity index is 1.96. The summed E-state index contributed by atoms with van der Waals surface area (Å²) in [5.41, 5.74) is 1.12. The number of hydrogen-bond donors (Lipinski definition) is 0. The van der Waals surface area contributed by atoms with Gasteiger partial charge in [-0.25, -0.2) is 0 Å². The summed E-state index contributed by atoms with van der Waals surface area (Å²) in [4.78, 5) is 0. The fourth-order valence-corrected chi connectivity index (χ4v) is 2.63. The predicted molar refractivity (Wildman–Crippen MR) is 63.7 cm³/mol. The second-order valence-corrected chi connectivity index (χ2v) is 4.86. The molecule has 0 aliphatic heterocycles. The number of alkyl halides is 3. The topological polar surface area (TPSA) is 9.23 Å². The molecular formula is C14H17F3O. The van der Waals surface area contributed by atoms with Gasteiger partial charge in [-0.15, -0.1) is 0 Å². The van der Waals surface area contributed by atoms with E-state index in [2.05, 4.69) is 0 Å². The van der Waals surface area contributed by atoms with Crippen LogP contribution in [0.25, 0.3) is 0 Å². The van der Waals surface area contributed by atoms with Crippen LogP contribution in [-0.4, -0.2) is 13.3 Å². The SMILES string of the molecule is COc1ccc([C@H]2CC[C@@H](C(F)(F)F)CC2)cc1. The van der Waals surface area contributed by atoms with Gasteiger partial charge in [0.1, 0.15) is 5.75 Å². The molecule has 1 aliphatic rings. The Morgan fingerprint density at radius 3 is 2.00 bits per heavy atom. The average Bonchev–Trinajstić information content (AvgIpc) is 2.38. The van der Waals surface area contributed by atoms with Gasteiger partial charge in [0.25, 0.3) is 0 Å². The molecule has 1 aromatic carbocycles. The third-order valence-electron chi connectivity index (χ3n) is 3.78. The number of benzene rings is 1. The van der Waals surface area contributed by atoms with E-state index in [1.807, 2.05) is 24.3 Å². The molecule has 4 heteroatoms. The predicted octanol–water partition coefficient (Wildman–Crippen LogP) is 4.53. The van der Waals surface area contributed by atoms with Gasteiger partial charge in [0.15, 0.2) is 0 Å². The van der Waals surface area contributed by atoms with E-state index in [0.717, 1.165) is 11.3 Å². The normalized spacial score (nSPS) is 24.9. The number of halogens is 3. The molecule has 0 aromatic heterocycles. The lowest BCUT2D eigenvalue weighted by Crippen LogP contribution is -2.27. The molecule has 1 aromatic rings. The highest BCUT2D eigenvalue weighted by atomic mass is 19.4. The number of hydrogen-bond acceptors (Lipinski definition) is 1. The van der Waals surface area contributed by atoms with Crippen molar-refractivity contribution in [2.45, 2.75) is 37.8 Å². The van der Waals surface area contributed by atoms with E-state index >= 15 is 0 Å². The number of rotatable bonds is 2. The van der Waals surface area contributed by atoms with E-state index in [-0.39, 0.29) is 18.8 Å². The van der Waals surface area contributed by atoms with Crippen LogP contribution in [0.5, 0.6) is 5.75 Å². The molecule has 1 aliphatic carbocycles. The van der Waals surface area contributed by atoms with Crippen LogP contribution in [0.1, 0.15) is 37.2 Å². The van der Waals surface area contributed by atoms with Crippen LogP contribution in [0.4, 0.5) is 13.2 Å². The summed E-state index contributed by atoms with van der Waals surface area (Å²) in [6, 6.07) is 7.64. The quantitative estimate of drug-likeness (QED) is 0.757. The van der Waals surface area contributed by atoms with Gasteiger partial charge < -0.3 is 4.74 Å². The first-order chi connectivity index (χ1) is 8.50. The molecule has 0 atom stereocenters. The van der Waals surface area contributed by atoms with Gasteiger partial charge in [0.05, 0.1) is 13.0 Å². The Bertz CT molecular complexity index is 375. The number of ether oxygens (including phenoxy) is 1. The Labute approximate surface area is 105 Å². The zero-order chi connectivity index (χ0) is 13.2. The van der Waals surface area contributed by atoms with E-state index in [4.69, 9.17) is 4.74 Å². The molecule has 0 unspecified atom stereocenters. The highest BCUT2D eigenvalue weighted by Crippen LogP contribution is 2.42. The summed E-state index contributed by atoms with van der Waals surface area (Å²) in [7, 11) is 1.60. The molecule has 1 saturated carbocycles. The summed E-state index contributed by atoms with van der Waals surface area (Å²) in [5, 5.41) is 0. The Morgan fingerprint density at radius 1 is 1.00 bits per heavy atom. The van der Waals surface area contributed by atoms with E-state index in [9.17, 15) is 13.2 Å². The summed E-state index contributed by atoms with van der Waals surface area (Å²) >= 11 is 0. The Morgan fingerprint density at radius 2 is 1.56 bits per heavy atom. The molecular weight excluding hydrogens is 241 g/mol. The zero-order valence-corrected chi connectivity index (χ0v) is 10.3. The summed E-state index contributed by atoms with van der Waals surface area (Å²) in [6.07, 6.45) is -2.28. The lowest BCUT2D eigenvalue weighted by molar-refractivity contribution is -0.182. The molecule has 2 rings (SSSR count). The molecule has 0 saturated heterocycles. The summed E-state index contributed by atoms with van der Waals surface area (Å²) in [5.74, 6) is -0.0655. The average molecular weight is 258 g/mol. The number of methoxy groups -OCH3 is 1. The first kappa shape index (κ1) is 13.2. The smallest absolute Gasteiger partial charge is 0.391 e. The van der Waals surface area contributed by atoms with Gasteiger partial charge in [-0.1, -0.05) is 12.1 Å². The fraction of sp³-hybridized carbons (Fsp3) is 0.571. The van der Waals surface area contributed by atoms with Crippen molar-refractivity contribution in [3.8, 4) is 5.75 Å². The van der Waals surface area contributed by atoms with E-state index in [1.165, 1.54) is 0 Å². The molecule has 100 valence electrons. The molecule has 0 radical (unpaired) electrons. The van der Waals surface area contributed by atoms with Gasteiger partial charge in [0, 0.05) is 0 Å². The summed E-state index contributed by atoms with van der Waals surface area (Å²) in [6.45, 7) is 0. The van der Waals surface area contributed by atoms with Crippen LogP contribution in [0.15, 0.2) is 24.3 Å². The van der Waals surface area contributed by atoms with Crippen molar-refractivity contribution in [1.29, 1.82) is 0 Å².